The van der Waals surface area contributed by atoms with Crippen molar-refractivity contribution in [2.24, 2.45) is 0 Å². The minimum atomic E-state index is -3.43. The molecule has 2 aromatic carbocycles. The van der Waals surface area contributed by atoms with Crippen molar-refractivity contribution >= 4 is 27.3 Å². The SMILES string of the molecule is CCN(Cc1ccccc1)C(=O)c1cc(NS(C)(=O)=O)ccc1N1CCNCC1. The maximum Gasteiger partial charge on any atom is 0.256 e. The maximum atomic E-state index is 13.5. The van der Waals surface area contributed by atoms with Crippen molar-refractivity contribution in [3.8, 4) is 0 Å². The number of hydrogen-bond acceptors (Lipinski definition) is 5. The number of carbonyl (C=O) groups is 1. The van der Waals surface area contributed by atoms with E-state index in [-0.39, 0.29) is 5.91 Å². The molecule has 0 aliphatic carbocycles. The zero-order valence-electron chi connectivity index (χ0n) is 16.9. The van der Waals surface area contributed by atoms with E-state index in [1.165, 1.54) is 0 Å². The van der Waals surface area contributed by atoms with E-state index in [1.807, 2.05) is 43.3 Å². The molecule has 1 aliphatic heterocycles. The molecule has 7 nitrogen and oxygen atoms in total. The Kier molecular flexibility index (Phi) is 6.76. The molecule has 156 valence electrons. The monoisotopic (exact) mass is 416 g/mol. The number of carbonyl (C=O) groups excluding carboxylic acids is 1. The van der Waals surface area contributed by atoms with Gasteiger partial charge in [0.2, 0.25) is 10.0 Å². The summed E-state index contributed by atoms with van der Waals surface area (Å²) in [5, 5.41) is 3.31. The first kappa shape index (κ1) is 21.1. The van der Waals surface area contributed by atoms with Crippen molar-refractivity contribution in [1.29, 1.82) is 0 Å². The summed E-state index contributed by atoms with van der Waals surface area (Å²) < 4.78 is 25.8. The fourth-order valence-electron chi connectivity index (χ4n) is 3.47. The molecule has 3 rings (SSSR count). The highest BCUT2D eigenvalue weighted by molar-refractivity contribution is 7.92. The molecule has 1 heterocycles. The fourth-order valence-corrected chi connectivity index (χ4v) is 4.02. The molecule has 0 bridgehead atoms. The third-order valence-corrected chi connectivity index (χ3v) is 5.48. The normalized spacial score (nSPS) is 14.5. The number of nitrogens with one attached hydrogen (secondary N) is 2. The number of hydrogen-bond donors (Lipinski definition) is 2. The van der Waals surface area contributed by atoms with Crippen LogP contribution in [0.25, 0.3) is 0 Å². The average molecular weight is 417 g/mol. The fraction of sp³-hybridized carbons (Fsp3) is 0.381. The van der Waals surface area contributed by atoms with Crippen molar-refractivity contribution in [3.63, 3.8) is 0 Å². The Morgan fingerprint density at radius 3 is 2.45 bits per heavy atom. The number of rotatable bonds is 7. The third-order valence-electron chi connectivity index (χ3n) is 4.87. The molecule has 29 heavy (non-hydrogen) atoms. The second kappa shape index (κ2) is 9.28. The minimum absolute atomic E-state index is 0.109. The third kappa shape index (κ3) is 5.71. The second-order valence-corrected chi connectivity index (χ2v) is 8.90. The van der Waals surface area contributed by atoms with E-state index in [4.69, 9.17) is 0 Å². The first-order valence-electron chi connectivity index (χ1n) is 9.78. The Bertz CT molecular complexity index is 942. The van der Waals surface area contributed by atoms with E-state index in [0.29, 0.717) is 24.3 Å². The van der Waals surface area contributed by atoms with Crippen LogP contribution in [-0.2, 0) is 16.6 Å². The smallest absolute Gasteiger partial charge is 0.256 e. The largest absolute Gasteiger partial charge is 0.368 e. The zero-order valence-corrected chi connectivity index (χ0v) is 17.7. The predicted octanol–water partition coefficient (Wildman–Crippen LogP) is 2.13. The van der Waals surface area contributed by atoms with E-state index in [0.717, 1.165) is 43.7 Å². The predicted molar refractivity (Wildman–Crippen MR) is 117 cm³/mol. The van der Waals surface area contributed by atoms with Crippen LogP contribution < -0.4 is 14.9 Å². The summed E-state index contributed by atoms with van der Waals surface area (Å²) in [5.41, 5.74) is 2.79. The molecule has 0 spiro atoms. The summed E-state index contributed by atoms with van der Waals surface area (Å²) >= 11 is 0. The molecule has 0 saturated carbocycles. The van der Waals surface area contributed by atoms with Gasteiger partial charge in [0.25, 0.3) is 5.91 Å². The Morgan fingerprint density at radius 1 is 1.14 bits per heavy atom. The van der Waals surface area contributed by atoms with Gasteiger partial charge in [-0.25, -0.2) is 8.42 Å². The van der Waals surface area contributed by atoms with Crippen LogP contribution in [0.5, 0.6) is 0 Å². The summed E-state index contributed by atoms with van der Waals surface area (Å²) in [4.78, 5) is 17.4. The molecule has 8 heteroatoms. The van der Waals surface area contributed by atoms with Gasteiger partial charge < -0.3 is 15.1 Å². The van der Waals surface area contributed by atoms with Gasteiger partial charge in [-0.3, -0.25) is 9.52 Å². The number of nitrogens with zero attached hydrogens (tertiary/aromatic N) is 2. The van der Waals surface area contributed by atoms with Crippen molar-refractivity contribution in [3.05, 3.63) is 59.7 Å². The van der Waals surface area contributed by atoms with Crippen molar-refractivity contribution in [2.75, 3.05) is 48.6 Å². The van der Waals surface area contributed by atoms with Crippen molar-refractivity contribution in [2.45, 2.75) is 13.5 Å². The van der Waals surface area contributed by atoms with Gasteiger partial charge >= 0.3 is 0 Å². The number of amides is 1. The number of piperazine rings is 1. The molecule has 0 radical (unpaired) electrons. The van der Waals surface area contributed by atoms with Crippen LogP contribution in [0.2, 0.25) is 0 Å². The molecular formula is C21H28N4O3S. The highest BCUT2D eigenvalue weighted by Gasteiger charge is 2.23. The molecule has 1 amide bonds. The molecule has 1 aliphatic rings. The van der Waals surface area contributed by atoms with Gasteiger partial charge in [0, 0.05) is 50.6 Å². The highest BCUT2D eigenvalue weighted by Crippen LogP contribution is 2.27. The highest BCUT2D eigenvalue weighted by atomic mass is 32.2. The lowest BCUT2D eigenvalue weighted by molar-refractivity contribution is 0.0753. The minimum Gasteiger partial charge on any atom is -0.368 e. The van der Waals surface area contributed by atoms with Crippen LogP contribution in [0.4, 0.5) is 11.4 Å². The first-order valence-corrected chi connectivity index (χ1v) is 11.7. The molecule has 2 N–H and O–H groups in total. The van der Waals surface area contributed by atoms with Crippen LogP contribution >= 0.6 is 0 Å². The van der Waals surface area contributed by atoms with Crippen LogP contribution in [0, 0.1) is 0 Å². The van der Waals surface area contributed by atoms with Crippen LogP contribution in [0.15, 0.2) is 48.5 Å². The Labute approximate surface area is 172 Å². The number of benzene rings is 2. The lowest BCUT2D eigenvalue weighted by atomic mass is 10.1. The summed E-state index contributed by atoms with van der Waals surface area (Å²) in [5.74, 6) is -0.109. The molecule has 2 aromatic rings. The van der Waals surface area contributed by atoms with Gasteiger partial charge in [-0.05, 0) is 30.7 Å². The molecule has 0 atom stereocenters. The van der Waals surface area contributed by atoms with Gasteiger partial charge in [-0.15, -0.1) is 0 Å². The molecule has 0 unspecified atom stereocenters. The number of sulfonamides is 1. The molecular weight excluding hydrogens is 388 g/mol. The van der Waals surface area contributed by atoms with Gasteiger partial charge in [0.15, 0.2) is 0 Å². The molecule has 0 aromatic heterocycles. The zero-order chi connectivity index (χ0) is 20.9. The van der Waals surface area contributed by atoms with E-state index in [1.54, 1.807) is 17.0 Å². The average Bonchev–Trinajstić information content (AvgIpc) is 2.71. The Morgan fingerprint density at radius 2 is 1.83 bits per heavy atom. The van der Waals surface area contributed by atoms with E-state index >= 15 is 0 Å². The van der Waals surface area contributed by atoms with Crippen LogP contribution in [0.1, 0.15) is 22.8 Å². The van der Waals surface area contributed by atoms with Crippen molar-refractivity contribution < 1.29 is 13.2 Å². The topological polar surface area (TPSA) is 81.8 Å². The van der Waals surface area contributed by atoms with Gasteiger partial charge in [-0.2, -0.15) is 0 Å². The Hall–Kier alpha value is -2.58. The van der Waals surface area contributed by atoms with E-state index in [2.05, 4.69) is 14.9 Å². The summed E-state index contributed by atoms with van der Waals surface area (Å²) in [7, 11) is -3.43. The quantitative estimate of drug-likeness (QED) is 0.723. The summed E-state index contributed by atoms with van der Waals surface area (Å²) in [6.45, 7) is 6.29. The van der Waals surface area contributed by atoms with Gasteiger partial charge in [-0.1, -0.05) is 30.3 Å². The van der Waals surface area contributed by atoms with Crippen LogP contribution in [0.3, 0.4) is 0 Å². The van der Waals surface area contributed by atoms with Gasteiger partial charge in [0.05, 0.1) is 11.8 Å². The lowest BCUT2D eigenvalue weighted by Crippen LogP contribution is -2.44. The molecule has 1 fully saturated rings. The summed E-state index contributed by atoms with van der Waals surface area (Å²) in [6.07, 6.45) is 1.10. The first-order chi connectivity index (χ1) is 13.9. The van der Waals surface area contributed by atoms with Gasteiger partial charge in [0.1, 0.15) is 0 Å². The maximum absolute atomic E-state index is 13.5. The number of anilines is 2. The van der Waals surface area contributed by atoms with E-state index in [9.17, 15) is 13.2 Å². The van der Waals surface area contributed by atoms with Crippen LogP contribution in [-0.4, -0.2) is 58.2 Å². The standard InChI is InChI=1S/C21H28N4O3S/c1-3-24(16-17-7-5-4-6-8-17)21(26)19-15-18(23-29(2,27)28)9-10-20(19)25-13-11-22-12-14-25/h4-10,15,22-23H,3,11-14,16H2,1-2H3. The van der Waals surface area contributed by atoms with Crippen molar-refractivity contribution in [1.82, 2.24) is 10.2 Å². The molecule has 1 saturated heterocycles. The summed E-state index contributed by atoms with van der Waals surface area (Å²) in [6, 6.07) is 15.0. The second-order valence-electron chi connectivity index (χ2n) is 7.15. The Balaban J connectivity index is 1.95. The van der Waals surface area contributed by atoms with E-state index < -0.39 is 10.0 Å². The lowest BCUT2D eigenvalue weighted by Gasteiger charge is -2.32.